The lowest BCUT2D eigenvalue weighted by Gasteiger charge is -2.11. The molecule has 0 unspecified atom stereocenters. The first-order valence-electron chi connectivity index (χ1n) is 7.64. The molecule has 0 aliphatic carbocycles. The van der Waals surface area contributed by atoms with E-state index in [2.05, 4.69) is 15.0 Å². The maximum absolute atomic E-state index is 12.9. The largest absolute Gasteiger partial charge is 0.485 e. The van der Waals surface area contributed by atoms with Crippen molar-refractivity contribution in [1.82, 2.24) is 14.8 Å². The number of ether oxygens (including phenoxy) is 1. The quantitative estimate of drug-likeness (QED) is 0.520. The molecular formula is C18H12Cl2N4O3. The minimum absolute atomic E-state index is 0.0278. The van der Waals surface area contributed by atoms with E-state index in [9.17, 15) is 9.59 Å². The number of benzene rings is 2. The van der Waals surface area contributed by atoms with Gasteiger partial charge in [0.1, 0.15) is 12.4 Å². The predicted molar refractivity (Wildman–Crippen MR) is 101 cm³/mol. The van der Waals surface area contributed by atoms with Crippen molar-refractivity contribution >= 4 is 34.7 Å². The van der Waals surface area contributed by atoms with E-state index in [1.54, 1.807) is 19.2 Å². The minimum Gasteiger partial charge on any atom is -0.485 e. The molecule has 0 aliphatic heterocycles. The highest BCUT2D eigenvalue weighted by molar-refractivity contribution is 6.32. The number of rotatable bonds is 5. The predicted octanol–water partition coefficient (Wildman–Crippen LogP) is 3.78. The summed E-state index contributed by atoms with van der Waals surface area (Å²) in [6, 6.07) is 9.00. The van der Waals surface area contributed by atoms with Crippen molar-refractivity contribution < 1.29 is 9.53 Å². The normalized spacial score (nSPS) is 10.4. The van der Waals surface area contributed by atoms with Crippen molar-refractivity contribution in [2.45, 2.75) is 6.61 Å². The fourth-order valence-corrected chi connectivity index (χ4v) is 2.78. The third kappa shape index (κ3) is 4.03. The fourth-order valence-electron chi connectivity index (χ4n) is 2.38. The van der Waals surface area contributed by atoms with Crippen LogP contribution in [0.3, 0.4) is 0 Å². The summed E-state index contributed by atoms with van der Waals surface area (Å²) < 4.78 is 6.99. The SMILES string of the molecule is [C-]#[N+]c1cc(Cl)cc(C(=O)c2cc(Cl)ccc2OCc2n[nH]c(=O)n2C)c1. The Kier molecular flexibility index (Phi) is 5.31. The molecule has 0 saturated heterocycles. The molecule has 0 amide bonds. The van der Waals surface area contributed by atoms with E-state index in [1.807, 2.05) is 0 Å². The molecule has 136 valence electrons. The van der Waals surface area contributed by atoms with Gasteiger partial charge in [0.25, 0.3) is 0 Å². The van der Waals surface area contributed by atoms with Gasteiger partial charge in [-0.25, -0.2) is 14.7 Å². The number of ketones is 1. The summed E-state index contributed by atoms with van der Waals surface area (Å²) in [5, 5.41) is 6.80. The van der Waals surface area contributed by atoms with Crippen molar-refractivity contribution in [2.75, 3.05) is 0 Å². The first-order valence-corrected chi connectivity index (χ1v) is 8.40. The van der Waals surface area contributed by atoms with Crippen LogP contribution in [0.15, 0.2) is 41.2 Å². The number of aromatic nitrogens is 3. The van der Waals surface area contributed by atoms with Crippen molar-refractivity contribution in [1.29, 1.82) is 0 Å². The van der Waals surface area contributed by atoms with Gasteiger partial charge in [0.05, 0.1) is 12.1 Å². The number of hydrogen-bond donors (Lipinski definition) is 1. The van der Waals surface area contributed by atoms with Crippen LogP contribution in [0, 0.1) is 6.57 Å². The Labute approximate surface area is 163 Å². The third-order valence-electron chi connectivity index (χ3n) is 3.79. The highest BCUT2D eigenvalue weighted by Crippen LogP contribution is 2.29. The summed E-state index contributed by atoms with van der Waals surface area (Å²) in [7, 11) is 1.55. The summed E-state index contributed by atoms with van der Waals surface area (Å²) in [6.07, 6.45) is 0. The van der Waals surface area contributed by atoms with Crippen molar-refractivity contribution in [3.8, 4) is 5.75 Å². The summed E-state index contributed by atoms with van der Waals surface area (Å²) in [5.74, 6) is 0.242. The molecule has 0 saturated carbocycles. The van der Waals surface area contributed by atoms with Crippen LogP contribution in [0.4, 0.5) is 5.69 Å². The molecule has 3 aromatic rings. The Morgan fingerprint density at radius 1 is 1.26 bits per heavy atom. The van der Waals surface area contributed by atoms with Crippen molar-refractivity contribution in [3.05, 3.63) is 85.3 Å². The monoisotopic (exact) mass is 402 g/mol. The average molecular weight is 403 g/mol. The lowest BCUT2D eigenvalue weighted by molar-refractivity contribution is 0.103. The first-order chi connectivity index (χ1) is 12.9. The van der Waals surface area contributed by atoms with Gasteiger partial charge in [-0.05, 0) is 36.4 Å². The number of carbonyl (C=O) groups is 1. The summed E-state index contributed by atoms with van der Waals surface area (Å²) >= 11 is 12.0. The van der Waals surface area contributed by atoms with Crippen LogP contribution < -0.4 is 10.4 Å². The molecule has 0 spiro atoms. The lowest BCUT2D eigenvalue weighted by Crippen LogP contribution is -2.16. The van der Waals surface area contributed by atoms with Gasteiger partial charge in [0.2, 0.25) is 0 Å². The molecule has 1 N–H and O–H groups in total. The van der Waals surface area contributed by atoms with Gasteiger partial charge in [0.15, 0.2) is 17.3 Å². The lowest BCUT2D eigenvalue weighted by atomic mass is 10.0. The number of nitrogens with one attached hydrogen (secondary N) is 1. The smallest absolute Gasteiger partial charge is 0.343 e. The van der Waals surface area contributed by atoms with Crippen LogP contribution in [0.5, 0.6) is 5.75 Å². The molecule has 0 bridgehead atoms. The molecule has 0 aliphatic rings. The highest BCUT2D eigenvalue weighted by atomic mass is 35.5. The Bertz CT molecular complexity index is 1130. The molecule has 0 radical (unpaired) electrons. The van der Waals surface area contributed by atoms with Gasteiger partial charge in [-0.2, -0.15) is 5.10 Å². The molecule has 1 aromatic heterocycles. The maximum Gasteiger partial charge on any atom is 0.343 e. The van der Waals surface area contributed by atoms with Gasteiger partial charge in [-0.1, -0.05) is 23.2 Å². The zero-order chi connectivity index (χ0) is 19.6. The van der Waals surface area contributed by atoms with Crippen LogP contribution in [0.1, 0.15) is 21.7 Å². The molecule has 1 heterocycles. The van der Waals surface area contributed by atoms with Crippen LogP contribution in [-0.4, -0.2) is 20.5 Å². The molecule has 0 fully saturated rings. The van der Waals surface area contributed by atoms with Gasteiger partial charge in [-0.3, -0.25) is 9.36 Å². The Balaban J connectivity index is 1.95. The first kappa shape index (κ1) is 18.7. The van der Waals surface area contributed by atoms with Crippen LogP contribution >= 0.6 is 23.2 Å². The fraction of sp³-hybridized carbons (Fsp3) is 0.111. The number of H-pyrrole nitrogens is 1. The maximum atomic E-state index is 12.9. The summed E-state index contributed by atoms with van der Waals surface area (Å²) in [6.45, 7) is 7.09. The Morgan fingerprint density at radius 2 is 2.04 bits per heavy atom. The summed E-state index contributed by atoms with van der Waals surface area (Å²) in [5.41, 5.74) is 0.336. The van der Waals surface area contributed by atoms with E-state index < -0.39 is 5.78 Å². The zero-order valence-electron chi connectivity index (χ0n) is 14.0. The molecule has 7 nitrogen and oxygen atoms in total. The second kappa shape index (κ2) is 7.66. The molecular weight excluding hydrogens is 391 g/mol. The van der Waals surface area contributed by atoms with E-state index in [-0.39, 0.29) is 39.9 Å². The van der Waals surface area contributed by atoms with Crippen molar-refractivity contribution in [2.24, 2.45) is 7.05 Å². The number of aromatic amines is 1. The molecule has 27 heavy (non-hydrogen) atoms. The number of hydrogen-bond acceptors (Lipinski definition) is 4. The highest BCUT2D eigenvalue weighted by Gasteiger charge is 2.18. The van der Waals surface area contributed by atoms with Crippen LogP contribution in [0.25, 0.3) is 4.85 Å². The molecule has 3 rings (SSSR count). The van der Waals surface area contributed by atoms with Gasteiger partial charge >= 0.3 is 5.69 Å². The second-order valence-corrected chi connectivity index (χ2v) is 6.45. The second-order valence-electron chi connectivity index (χ2n) is 5.57. The van der Waals surface area contributed by atoms with Gasteiger partial charge < -0.3 is 4.74 Å². The Morgan fingerprint density at radius 3 is 2.70 bits per heavy atom. The standard InChI is InChI=1S/C18H12Cl2N4O3/c1-21-13-6-10(5-12(20)7-13)17(25)14-8-11(19)3-4-15(14)27-9-16-22-23-18(26)24(16)2/h3-8H,9H2,2H3,(H,23,26). The van der Waals surface area contributed by atoms with Gasteiger partial charge in [0, 0.05) is 22.7 Å². The minimum atomic E-state index is -0.393. The molecule has 2 aromatic carbocycles. The van der Waals surface area contributed by atoms with Gasteiger partial charge in [-0.15, -0.1) is 0 Å². The number of halogens is 2. The van der Waals surface area contributed by atoms with E-state index in [1.165, 1.54) is 28.8 Å². The number of carbonyl (C=O) groups excluding carboxylic acids is 1. The van der Waals surface area contributed by atoms with E-state index in [0.29, 0.717) is 10.8 Å². The third-order valence-corrected chi connectivity index (χ3v) is 4.24. The van der Waals surface area contributed by atoms with E-state index in [0.717, 1.165) is 0 Å². The zero-order valence-corrected chi connectivity index (χ0v) is 15.5. The topological polar surface area (TPSA) is 81.3 Å². The Hall–Kier alpha value is -3.08. The van der Waals surface area contributed by atoms with Crippen molar-refractivity contribution in [3.63, 3.8) is 0 Å². The summed E-state index contributed by atoms with van der Waals surface area (Å²) in [4.78, 5) is 27.7. The average Bonchev–Trinajstić information content (AvgIpc) is 2.97. The van der Waals surface area contributed by atoms with Crippen LogP contribution in [0.2, 0.25) is 10.0 Å². The molecule has 9 heteroatoms. The van der Waals surface area contributed by atoms with E-state index in [4.69, 9.17) is 34.5 Å². The molecule has 0 atom stereocenters. The van der Waals surface area contributed by atoms with E-state index >= 15 is 0 Å². The number of nitrogens with zero attached hydrogens (tertiary/aromatic N) is 3. The van der Waals surface area contributed by atoms with Crippen LogP contribution in [-0.2, 0) is 13.7 Å².